The van der Waals surface area contributed by atoms with E-state index in [-0.39, 0.29) is 5.91 Å². The average molecular weight is 336 g/mol. The maximum atomic E-state index is 12.4. The minimum absolute atomic E-state index is 0.304. The molecule has 2 rings (SSSR count). The van der Waals surface area contributed by atoms with Crippen molar-refractivity contribution in [3.05, 3.63) is 70.2 Å². The molecule has 22 heavy (non-hydrogen) atoms. The van der Waals surface area contributed by atoms with Crippen LogP contribution in [0.5, 0.6) is 5.75 Å². The van der Waals surface area contributed by atoms with Gasteiger partial charge in [0, 0.05) is 0 Å². The standard InChI is InChI=1S/C17H15Cl2NO2/c1-11(2)10-22-15-9-4-3-6-12(15)17(21)20-14-8-5-7-13(18)16(14)19/h3-9H,1,10H2,2H3,(H,20,21). The Labute approximate surface area is 139 Å². The molecule has 114 valence electrons. The smallest absolute Gasteiger partial charge is 0.259 e. The Bertz CT molecular complexity index is 714. The number of ether oxygens (including phenoxy) is 1. The summed E-state index contributed by atoms with van der Waals surface area (Å²) in [7, 11) is 0. The molecule has 0 bridgehead atoms. The molecular formula is C17H15Cl2NO2. The average Bonchev–Trinajstić information content (AvgIpc) is 2.50. The van der Waals surface area contributed by atoms with Gasteiger partial charge in [0.05, 0.1) is 21.3 Å². The van der Waals surface area contributed by atoms with Crippen LogP contribution in [0.2, 0.25) is 10.0 Å². The maximum absolute atomic E-state index is 12.4. The third-order valence-electron chi connectivity index (χ3n) is 2.81. The van der Waals surface area contributed by atoms with Crippen LogP contribution in [0.3, 0.4) is 0 Å². The second-order valence-electron chi connectivity index (χ2n) is 4.80. The summed E-state index contributed by atoms with van der Waals surface area (Å²) >= 11 is 12.0. The van der Waals surface area contributed by atoms with E-state index in [0.717, 1.165) is 5.57 Å². The highest BCUT2D eigenvalue weighted by atomic mass is 35.5. The highest BCUT2D eigenvalue weighted by Gasteiger charge is 2.14. The largest absolute Gasteiger partial charge is 0.488 e. The molecule has 1 N–H and O–H groups in total. The van der Waals surface area contributed by atoms with Crippen molar-refractivity contribution in [3.8, 4) is 5.75 Å². The van der Waals surface area contributed by atoms with Gasteiger partial charge in [-0.2, -0.15) is 0 Å². The predicted molar refractivity (Wildman–Crippen MR) is 91.2 cm³/mol. The molecule has 0 aliphatic carbocycles. The number of hydrogen-bond donors (Lipinski definition) is 1. The molecule has 0 heterocycles. The molecule has 0 aliphatic heterocycles. The van der Waals surface area contributed by atoms with E-state index in [4.69, 9.17) is 27.9 Å². The van der Waals surface area contributed by atoms with Crippen molar-refractivity contribution in [2.45, 2.75) is 6.92 Å². The number of hydrogen-bond acceptors (Lipinski definition) is 2. The van der Waals surface area contributed by atoms with E-state index in [1.54, 1.807) is 42.5 Å². The summed E-state index contributed by atoms with van der Waals surface area (Å²) in [5.74, 6) is 0.169. The molecule has 2 aromatic rings. The Balaban J connectivity index is 2.22. The van der Waals surface area contributed by atoms with Crippen LogP contribution >= 0.6 is 23.2 Å². The summed E-state index contributed by atoms with van der Waals surface area (Å²) in [5.41, 5.74) is 1.74. The zero-order valence-electron chi connectivity index (χ0n) is 12.0. The first kappa shape index (κ1) is 16.4. The minimum atomic E-state index is -0.318. The Kier molecular flexibility index (Phi) is 5.47. The molecular weight excluding hydrogens is 321 g/mol. The Morgan fingerprint density at radius 1 is 1.18 bits per heavy atom. The number of nitrogens with one attached hydrogen (secondary N) is 1. The SMILES string of the molecule is C=C(C)COc1ccccc1C(=O)Nc1cccc(Cl)c1Cl. The van der Waals surface area contributed by atoms with Gasteiger partial charge in [-0.1, -0.05) is 48.0 Å². The predicted octanol–water partition coefficient (Wildman–Crippen LogP) is 5.20. The third kappa shape index (κ3) is 4.03. The number of amides is 1. The van der Waals surface area contributed by atoms with Gasteiger partial charge in [-0.25, -0.2) is 0 Å². The van der Waals surface area contributed by atoms with Gasteiger partial charge in [-0.3, -0.25) is 4.79 Å². The second kappa shape index (κ2) is 7.34. The molecule has 0 radical (unpaired) electrons. The first-order chi connectivity index (χ1) is 10.5. The summed E-state index contributed by atoms with van der Waals surface area (Å²) in [6, 6.07) is 12.0. The van der Waals surface area contributed by atoms with E-state index in [0.29, 0.717) is 33.7 Å². The lowest BCUT2D eigenvalue weighted by atomic mass is 10.2. The molecule has 0 atom stereocenters. The fourth-order valence-corrected chi connectivity index (χ4v) is 2.12. The Morgan fingerprint density at radius 2 is 1.91 bits per heavy atom. The van der Waals surface area contributed by atoms with Crippen LogP contribution in [0.25, 0.3) is 0 Å². The summed E-state index contributed by atoms with van der Waals surface area (Å²) in [6.07, 6.45) is 0. The third-order valence-corrected chi connectivity index (χ3v) is 3.62. The Hall–Kier alpha value is -1.97. The van der Waals surface area contributed by atoms with E-state index in [2.05, 4.69) is 11.9 Å². The number of rotatable bonds is 5. The van der Waals surface area contributed by atoms with Crippen LogP contribution in [0.15, 0.2) is 54.6 Å². The monoisotopic (exact) mass is 335 g/mol. The summed E-state index contributed by atoms with van der Waals surface area (Å²) < 4.78 is 5.59. The number of carbonyl (C=O) groups excluding carboxylic acids is 1. The number of halogens is 2. The molecule has 0 unspecified atom stereocenters. The molecule has 0 aromatic heterocycles. The van der Waals surface area contributed by atoms with E-state index in [1.807, 2.05) is 6.92 Å². The molecule has 0 spiro atoms. The first-order valence-corrected chi connectivity index (χ1v) is 7.36. The van der Waals surface area contributed by atoms with Crippen LogP contribution < -0.4 is 10.1 Å². The maximum Gasteiger partial charge on any atom is 0.259 e. The van der Waals surface area contributed by atoms with Gasteiger partial charge in [0.1, 0.15) is 12.4 Å². The van der Waals surface area contributed by atoms with Gasteiger partial charge in [-0.05, 0) is 36.8 Å². The molecule has 1 amide bonds. The van der Waals surface area contributed by atoms with Crippen molar-refractivity contribution in [2.24, 2.45) is 0 Å². The normalized spacial score (nSPS) is 10.1. The second-order valence-corrected chi connectivity index (χ2v) is 5.58. The first-order valence-electron chi connectivity index (χ1n) is 6.60. The number of anilines is 1. The summed E-state index contributed by atoms with van der Waals surface area (Å²) in [6.45, 7) is 5.98. The van der Waals surface area contributed by atoms with Crippen LogP contribution in [0.4, 0.5) is 5.69 Å². The fourth-order valence-electron chi connectivity index (χ4n) is 1.77. The van der Waals surface area contributed by atoms with Gasteiger partial charge < -0.3 is 10.1 Å². The van der Waals surface area contributed by atoms with E-state index < -0.39 is 0 Å². The van der Waals surface area contributed by atoms with Crippen LogP contribution in [-0.4, -0.2) is 12.5 Å². The molecule has 0 aliphatic rings. The lowest BCUT2D eigenvalue weighted by Gasteiger charge is -2.12. The molecule has 0 saturated heterocycles. The van der Waals surface area contributed by atoms with E-state index in [9.17, 15) is 4.79 Å². The summed E-state index contributed by atoms with van der Waals surface area (Å²) in [4.78, 5) is 12.4. The molecule has 0 saturated carbocycles. The summed E-state index contributed by atoms with van der Waals surface area (Å²) in [5, 5.41) is 3.42. The quantitative estimate of drug-likeness (QED) is 0.762. The van der Waals surface area contributed by atoms with Crippen molar-refractivity contribution >= 4 is 34.8 Å². The number of para-hydroxylation sites is 1. The fraction of sp³-hybridized carbons (Fsp3) is 0.118. The highest BCUT2D eigenvalue weighted by molar-refractivity contribution is 6.44. The number of carbonyl (C=O) groups is 1. The molecule has 0 fully saturated rings. The molecule has 2 aromatic carbocycles. The van der Waals surface area contributed by atoms with Crippen molar-refractivity contribution in [1.82, 2.24) is 0 Å². The topological polar surface area (TPSA) is 38.3 Å². The van der Waals surface area contributed by atoms with Crippen LogP contribution in [0.1, 0.15) is 17.3 Å². The van der Waals surface area contributed by atoms with Crippen molar-refractivity contribution in [3.63, 3.8) is 0 Å². The van der Waals surface area contributed by atoms with Crippen LogP contribution in [0, 0.1) is 0 Å². The minimum Gasteiger partial charge on any atom is -0.488 e. The zero-order valence-corrected chi connectivity index (χ0v) is 13.5. The van der Waals surface area contributed by atoms with Gasteiger partial charge in [0.2, 0.25) is 0 Å². The number of benzene rings is 2. The van der Waals surface area contributed by atoms with Crippen molar-refractivity contribution < 1.29 is 9.53 Å². The zero-order chi connectivity index (χ0) is 16.1. The van der Waals surface area contributed by atoms with E-state index in [1.165, 1.54) is 0 Å². The molecule has 5 heteroatoms. The van der Waals surface area contributed by atoms with E-state index >= 15 is 0 Å². The lowest BCUT2D eigenvalue weighted by Crippen LogP contribution is -2.14. The van der Waals surface area contributed by atoms with Gasteiger partial charge in [-0.15, -0.1) is 0 Å². The van der Waals surface area contributed by atoms with Gasteiger partial charge >= 0.3 is 0 Å². The Morgan fingerprint density at radius 3 is 2.64 bits per heavy atom. The molecule has 3 nitrogen and oxygen atoms in total. The van der Waals surface area contributed by atoms with Crippen molar-refractivity contribution in [1.29, 1.82) is 0 Å². The van der Waals surface area contributed by atoms with Gasteiger partial charge in [0.25, 0.3) is 5.91 Å². The van der Waals surface area contributed by atoms with Crippen molar-refractivity contribution in [2.75, 3.05) is 11.9 Å². The van der Waals surface area contributed by atoms with Crippen LogP contribution in [-0.2, 0) is 0 Å². The van der Waals surface area contributed by atoms with Gasteiger partial charge in [0.15, 0.2) is 0 Å². The highest BCUT2D eigenvalue weighted by Crippen LogP contribution is 2.30. The lowest BCUT2D eigenvalue weighted by molar-refractivity contribution is 0.102.